The van der Waals surface area contributed by atoms with Crippen molar-refractivity contribution in [2.75, 3.05) is 0 Å². The summed E-state index contributed by atoms with van der Waals surface area (Å²) in [7, 11) is 0. The summed E-state index contributed by atoms with van der Waals surface area (Å²) in [5.74, 6) is -1.83. The molecule has 0 spiro atoms. The molecule has 1 aromatic carbocycles. The molecule has 1 aromatic rings. The fourth-order valence-electron chi connectivity index (χ4n) is 1.14. The Kier molecular flexibility index (Phi) is 4.59. The second kappa shape index (κ2) is 5.76. The van der Waals surface area contributed by atoms with Crippen LogP contribution in [-0.2, 0) is 4.79 Å². The lowest BCUT2D eigenvalue weighted by atomic mass is 10.2. The predicted octanol–water partition coefficient (Wildman–Crippen LogP) is 1.40. The van der Waals surface area contributed by atoms with Crippen molar-refractivity contribution in [3.63, 3.8) is 0 Å². The summed E-state index contributed by atoms with van der Waals surface area (Å²) in [6.45, 7) is 1.31. The first-order valence-corrected chi connectivity index (χ1v) is 5.88. The highest BCUT2D eigenvalue weighted by Crippen LogP contribution is 2.19. The average molecular weight is 364 g/mol. The molecule has 0 aromatic heterocycles. The zero-order valence-electron chi connectivity index (χ0n) is 9.21. The Balaban J connectivity index is 3.01. The molecule has 1 rings (SSSR count). The highest BCUT2D eigenvalue weighted by atomic mass is 127. The number of nitro benzene ring substituents is 1. The third-order valence-electron chi connectivity index (χ3n) is 2.12. The van der Waals surface area contributed by atoms with Gasteiger partial charge in [-0.2, -0.15) is 0 Å². The molecule has 1 atom stereocenters. The number of nitro groups is 1. The van der Waals surface area contributed by atoms with Crippen LogP contribution >= 0.6 is 22.6 Å². The second-order valence-electron chi connectivity index (χ2n) is 3.45. The standard InChI is InChI=1S/C10H9IN2O5/c1-5(10(15)16)12-9(14)7-4-6(13(17)18)2-3-8(7)11/h2-5H,1H3,(H,12,14)(H,15,16)/t5-/m0/s1. The van der Waals surface area contributed by atoms with E-state index in [1.807, 2.05) is 22.6 Å². The number of non-ortho nitro benzene ring substituents is 1. The SMILES string of the molecule is C[C@H](NC(=O)c1cc([N+](=O)[O-])ccc1I)C(=O)O. The molecule has 0 saturated heterocycles. The third kappa shape index (κ3) is 3.39. The van der Waals surface area contributed by atoms with Gasteiger partial charge in [0, 0.05) is 15.7 Å². The van der Waals surface area contributed by atoms with E-state index in [2.05, 4.69) is 5.32 Å². The van der Waals surface area contributed by atoms with E-state index in [1.54, 1.807) is 0 Å². The van der Waals surface area contributed by atoms with Gasteiger partial charge in [0.1, 0.15) is 6.04 Å². The van der Waals surface area contributed by atoms with E-state index in [4.69, 9.17) is 5.11 Å². The number of nitrogens with one attached hydrogen (secondary N) is 1. The molecule has 0 unspecified atom stereocenters. The van der Waals surface area contributed by atoms with Gasteiger partial charge in [0.05, 0.1) is 10.5 Å². The molecule has 0 aliphatic heterocycles. The number of halogens is 1. The normalized spacial score (nSPS) is 11.7. The van der Waals surface area contributed by atoms with E-state index < -0.39 is 22.8 Å². The van der Waals surface area contributed by atoms with Crippen molar-refractivity contribution in [3.8, 4) is 0 Å². The highest BCUT2D eigenvalue weighted by molar-refractivity contribution is 14.1. The lowest BCUT2D eigenvalue weighted by molar-refractivity contribution is -0.384. The van der Waals surface area contributed by atoms with E-state index in [0.717, 1.165) is 6.07 Å². The maximum atomic E-state index is 11.8. The lowest BCUT2D eigenvalue weighted by Gasteiger charge is -2.10. The Morgan fingerprint density at radius 3 is 2.61 bits per heavy atom. The van der Waals surface area contributed by atoms with Crippen molar-refractivity contribution in [1.82, 2.24) is 5.32 Å². The highest BCUT2D eigenvalue weighted by Gasteiger charge is 2.19. The van der Waals surface area contributed by atoms with Crippen LogP contribution < -0.4 is 5.32 Å². The minimum Gasteiger partial charge on any atom is -0.480 e. The summed E-state index contributed by atoms with van der Waals surface area (Å²) < 4.78 is 0.508. The van der Waals surface area contributed by atoms with E-state index in [-0.39, 0.29) is 11.3 Å². The van der Waals surface area contributed by atoms with Crippen LogP contribution in [0.3, 0.4) is 0 Å². The molecule has 2 N–H and O–H groups in total. The maximum Gasteiger partial charge on any atom is 0.325 e. The molecule has 96 valence electrons. The molecular formula is C10H9IN2O5. The molecule has 8 heteroatoms. The number of nitrogens with zero attached hydrogens (tertiary/aromatic N) is 1. The number of hydrogen-bond donors (Lipinski definition) is 2. The Morgan fingerprint density at radius 2 is 2.11 bits per heavy atom. The summed E-state index contributed by atoms with van der Waals surface area (Å²) >= 11 is 1.85. The Labute approximate surface area is 115 Å². The molecule has 0 aliphatic carbocycles. The Morgan fingerprint density at radius 1 is 1.50 bits per heavy atom. The predicted molar refractivity (Wildman–Crippen MR) is 70.4 cm³/mol. The summed E-state index contributed by atoms with van der Waals surface area (Å²) in [6.07, 6.45) is 0. The molecule has 0 heterocycles. The molecular weight excluding hydrogens is 355 g/mol. The fourth-order valence-corrected chi connectivity index (χ4v) is 1.72. The number of carbonyl (C=O) groups is 2. The Hall–Kier alpha value is -1.71. The quantitative estimate of drug-likeness (QED) is 0.477. The van der Waals surface area contributed by atoms with Crippen LogP contribution in [0.5, 0.6) is 0 Å². The van der Waals surface area contributed by atoms with E-state index in [1.165, 1.54) is 19.1 Å². The first-order valence-electron chi connectivity index (χ1n) is 4.80. The van der Waals surface area contributed by atoms with Crippen molar-refractivity contribution in [2.24, 2.45) is 0 Å². The van der Waals surface area contributed by atoms with Gasteiger partial charge in [0.25, 0.3) is 11.6 Å². The molecule has 0 fully saturated rings. The van der Waals surface area contributed by atoms with Crippen LogP contribution in [0.25, 0.3) is 0 Å². The zero-order chi connectivity index (χ0) is 13.9. The van der Waals surface area contributed by atoms with Crippen LogP contribution in [0.15, 0.2) is 18.2 Å². The van der Waals surface area contributed by atoms with Gasteiger partial charge in [-0.1, -0.05) is 0 Å². The molecule has 0 saturated carbocycles. The summed E-state index contributed by atoms with van der Waals surface area (Å²) in [5.41, 5.74) is -0.138. The zero-order valence-corrected chi connectivity index (χ0v) is 11.4. The van der Waals surface area contributed by atoms with Gasteiger partial charge in [-0.15, -0.1) is 0 Å². The van der Waals surface area contributed by atoms with Gasteiger partial charge in [-0.3, -0.25) is 19.7 Å². The molecule has 1 amide bonds. The number of benzene rings is 1. The van der Waals surface area contributed by atoms with Gasteiger partial charge in [-0.25, -0.2) is 0 Å². The molecule has 0 radical (unpaired) electrons. The first-order chi connectivity index (χ1) is 8.32. The lowest BCUT2D eigenvalue weighted by Crippen LogP contribution is -2.38. The number of hydrogen-bond acceptors (Lipinski definition) is 4. The maximum absolute atomic E-state index is 11.8. The molecule has 18 heavy (non-hydrogen) atoms. The van der Waals surface area contributed by atoms with Gasteiger partial charge in [-0.05, 0) is 35.6 Å². The monoisotopic (exact) mass is 364 g/mol. The number of amides is 1. The summed E-state index contributed by atoms with van der Waals surface area (Å²) in [5, 5.41) is 21.5. The molecule has 7 nitrogen and oxygen atoms in total. The van der Waals surface area contributed by atoms with Crippen molar-refractivity contribution >= 4 is 40.2 Å². The number of carbonyl (C=O) groups excluding carboxylic acids is 1. The first kappa shape index (κ1) is 14.4. The van der Waals surface area contributed by atoms with Gasteiger partial charge < -0.3 is 10.4 Å². The van der Waals surface area contributed by atoms with Crippen LogP contribution in [0.4, 0.5) is 5.69 Å². The fraction of sp³-hybridized carbons (Fsp3) is 0.200. The van der Waals surface area contributed by atoms with Crippen LogP contribution in [0, 0.1) is 13.7 Å². The van der Waals surface area contributed by atoms with E-state index in [0.29, 0.717) is 3.57 Å². The van der Waals surface area contributed by atoms with E-state index >= 15 is 0 Å². The third-order valence-corrected chi connectivity index (χ3v) is 3.06. The second-order valence-corrected chi connectivity index (χ2v) is 4.62. The smallest absolute Gasteiger partial charge is 0.325 e. The van der Waals surface area contributed by atoms with Crippen molar-refractivity contribution in [2.45, 2.75) is 13.0 Å². The van der Waals surface area contributed by atoms with E-state index in [9.17, 15) is 19.7 Å². The van der Waals surface area contributed by atoms with Crippen molar-refractivity contribution in [3.05, 3.63) is 37.4 Å². The molecule has 0 aliphatic rings. The minimum atomic E-state index is -1.18. The Bertz CT molecular complexity index is 517. The molecule has 0 bridgehead atoms. The summed E-state index contributed by atoms with van der Waals surface area (Å²) in [4.78, 5) is 32.3. The van der Waals surface area contributed by atoms with Crippen LogP contribution in [0.2, 0.25) is 0 Å². The summed E-state index contributed by atoms with van der Waals surface area (Å²) in [6, 6.07) is 2.76. The average Bonchev–Trinajstić information content (AvgIpc) is 2.28. The van der Waals surface area contributed by atoms with Gasteiger partial charge in [0.2, 0.25) is 0 Å². The number of carboxylic acid groups (broad SMARTS) is 1. The van der Waals surface area contributed by atoms with Crippen LogP contribution in [0.1, 0.15) is 17.3 Å². The van der Waals surface area contributed by atoms with Crippen LogP contribution in [-0.4, -0.2) is 27.9 Å². The van der Waals surface area contributed by atoms with Crippen molar-refractivity contribution < 1.29 is 19.6 Å². The number of aliphatic carboxylic acids is 1. The number of carboxylic acids is 1. The topological polar surface area (TPSA) is 110 Å². The minimum absolute atomic E-state index is 0.0814. The largest absolute Gasteiger partial charge is 0.480 e. The van der Waals surface area contributed by atoms with Gasteiger partial charge >= 0.3 is 5.97 Å². The number of rotatable bonds is 4. The van der Waals surface area contributed by atoms with Crippen molar-refractivity contribution in [1.29, 1.82) is 0 Å². The van der Waals surface area contributed by atoms with Gasteiger partial charge in [0.15, 0.2) is 0 Å².